The largest absolute Gasteiger partial charge is 0.496 e. The Morgan fingerprint density at radius 3 is 2.29 bits per heavy atom. The molecule has 0 aliphatic carbocycles. The average Bonchev–Trinajstić information content (AvgIpc) is 2.20. The Kier molecular flexibility index (Phi) is 6.21. The second-order valence-electron chi connectivity index (χ2n) is 2.41. The maximum absolute atomic E-state index is 10.9. The lowest BCUT2D eigenvalue weighted by Crippen LogP contribution is -1.92. The van der Waals surface area contributed by atoms with Crippen LogP contribution in [0.1, 0.15) is 31.1 Å². The Morgan fingerprint density at radius 2 is 1.93 bits per heavy atom. The molecule has 0 N–H and O–H groups in total. The van der Waals surface area contributed by atoms with Gasteiger partial charge in [0.2, 0.25) is 0 Å². The van der Waals surface area contributed by atoms with Crippen LogP contribution in [-0.4, -0.2) is 12.9 Å². The van der Waals surface area contributed by atoms with Gasteiger partial charge in [0.1, 0.15) is 5.75 Å². The van der Waals surface area contributed by atoms with Gasteiger partial charge in [0, 0.05) is 5.56 Å². The lowest BCUT2D eigenvalue weighted by molar-refractivity contribution is 0.101. The van der Waals surface area contributed by atoms with E-state index in [-0.39, 0.29) is 5.78 Å². The van der Waals surface area contributed by atoms with Crippen molar-refractivity contribution in [3.8, 4) is 5.75 Å². The molecule has 14 heavy (non-hydrogen) atoms. The molecule has 1 rings (SSSR count). The van der Waals surface area contributed by atoms with Crippen molar-refractivity contribution in [2.75, 3.05) is 7.11 Å². The fraction of sp³-hybridized carbons (Fsp3) is 0.364. The minimum atomic E-state index is 0.0540. The van der Waals surface area contributed by atoms with Gasteiger partial charge in [0.05, 0.1) is 11.6 Å². The Bertz CT molecular complexity index is 308. The van der Waals surface area contributed by atoms with Crippen LogP contribution in [-0.2, 0) is 0 Å². The SMILES string of the molecule is CC.COc1ccc(C(C)=O)cc1Br. The third-order valence-corrected chi connectivity index (χ3v) is 2.18. The van der Waals surface area contributed by atoms with E-state index in [9.17, 15) is 4.79 Å². The smallest absolute Gasteiger partial charge is 0.159 e. The monoisotopic (exact) mass is 258 g/mol. The summed E-state index contributed by atoms with van der Waals surface area (Å²) in [7, 11) is 1.59. The van der Waals surface area contributed by atoms with Crippen molar-refractivity contribution in [2.24, 2.45) is 0 Å². The first-order chi connectivity index (χ1) is 6.65. The van der Waals surface area contributed by atoms with Crippen molar-refractivity contribution in [2.45, 2.75) is 20.8 Å². The molecule has 78 valence electrons. The molecule has 0 amide bonds. The van der Waals surface area contributed by atoms with Crippen LogP contribution < -0.4 is 4.74 Å². The first-order valence-electron chi connectivity index (χ1n) is 4.49. The van der Waals surface area contributed by atoms with Crippen LogP contribution in [0.15, 0.2) is 22.7 Å². The number of carbonyl (C=O) groups is 1. The van der Waals surface area contributed by atoms with Gasteiger partial charge in [-0.15, -0.1) is 0 Å². The topological polar surface area (TPSA) is 26.3 Å². The zero-order valence-corrected chi connectivity index (χ0v) is 10.5. The van der Waals surface area contributed by atoms with Crippen molar-refractivity contribution in [3.63, 3.8) is 0 Å². The third kappa shape index (κ3) is 3.50. The molecule has 0 unspecified atom stereocenters. The Balaban J connectivity index is 0.000000791. The molecular weight excluding hydrogens is 244 g/mol. The maximum atomic E-state index is 10.9. The summed E-state index contributed by atoms with van der Waals surface area (Å²) in [4.78, 5) is 10.9. The van der Waals surface area contributed by atoms with Crippen LogP contribution in [0.25, 0.3) is 0 Å². The first-order valence-corrected chi connectivity index (χ1v) is 5.29. The normalized spacial score (nSPS) is 8.64. The van der Waals surface area contributed by atoms with E-state index in [1.165, 1.54) is 6.92 Å². The third-order valence-electron chi connectivity index (χ3n) is 1.56. The number of ether oxygens (including phenoxy) is 1. The molecule has 0 atom stereocenters. The summed E-state index contributed by atoms with van der Waals surface area (Å²) in [6.07, 6.45) is 0. The number of carbonyl (C=O) groups excluding carboxylic acids is 1. The second-order valence-corrected chi connectivity index (χ2v) is 3.26. The van der Waals surface area contributed by atoms with Crippen molar-refractivity contribution < 1.29 is 9.53 Å². The van der Waals surface area contributed by atoms with Gasteiger partial charge in [0.15, 0.2) is 5.78 Å². The van der Waals surface area contributed by atoms with Gasteiger partial charge in [-0.3, -0.25) is 4.79 Å². The molecule has 0 aliphatic rings. The molecule has 0 aromatic heterocycles. The van der Waals surface area contributed by atoms with Crippen molar-refractivity contribution in [1.29, 1.82) is 0 Å². The van der Waals surface area contributed by atoms with E-state index in [0.29, 0.717) is 5.56 Å². The number of halogens is 1. The van der Waals surface area contributed by atoms with E-state index in [4.69, 9.17) is 4.74 Å². The number of hydrogen-bond acceptors (Lipinski definition) is 2. The van der Waals surface area contributed by atoms with Crippen molar-refractivity contribution in [3.05, 3.63) is 28.2 Å². The molecule has 0 radical (unpaired) electrons. The first kappa shape index (κ1) is 13.2. The van der Waals surface area contributed by atoms with E-state index in [1.807, 2.05) is 13.8 Å². The molecule has 0 spiro atoms. The van der Waals surface area contributed by atoms with Gasteiger partial charge >= 0.3 is 0 Å². The Labute approximate surface area is 93.4 Å². The molecule has 2 nitrogen and oxygen atoms in total. The van der Waals surface area contributed by atoms with Crippen molar-refractivity contribution in [1.82, 2.24) is 0 Å². The van der Waals surface area contributed by atoms with E-state index >= 15 is 0 Å². The lowest BCUT2D eigenvalue weighted by Gasteiger charge is -2.03. The van der Waals surface area contributed by atoms with Gasteiger partial charge in [0.25, 0.3) is 0 Å². The highest BCUT2D eigenvalue weighted by atomic mass is 79.9. The fourth-order valence-corrected chi connectivity index (χ4v) is 1.43. The van der Waals surface area contributed by atoms with E-state index in [1.54, 1.807) is 25.3 Å². The summed E-state index contributed by atoms with van der Waals surface area (Å²) >= 11 is 3.30. The summed E-state index contributed by atoms with van der Waals surface area (Å²) in [6, 6.07) is 5.26. The quantitative estimate of drug-likeness (QED) is 0.757. The lowest BCUT2D eigenvalue weighted by atomic mass is 10.1. The Hall–Kier alpha value is -0.830. The zero-order chi connectivity index (χ0) is 11.1. The number of methoxy groups -OCH3 is 1. The van der Waals surface area contributed by atoms with Gasteiger partial charge in [-0.05, 0) is 41.1 Å². The maximum Gasteiger partial charge on any atom is 0.159 e. The van der Waals surface area contributed by atoms with Crippen LogP contribution in [0.4, 0.5) is 0 Å². The minimum Gasteiger partial charge on any atom is -0.496 e. The zero-order valence-electron chi connectivity index (χ0n) is 8.93. The molecule has 3 heteroatoms. The molecule has 0 fully saturated rings. The summed E-state index contributed by atoms with van der Waals surface area (Å²) in [6.45, 7) is 5.54. The summed E-state index contributed by atoms with van der Waals surface area (Å²) in [5, 5.41) is 0. The summed E-state index contributed by atoms with van der Waals surface area (Å²) < 4.78 is 5.82. The van der Waals surface area contributed by atoms with E-state index < -0.39 is 0 Å². The molecule has 0 heterocycles. The molecule has 0 saturated carbocycles. The molecule has 0 saturated heterocycles. The van der Waals surface area contributed by atoms with Crippen LogP contribution in [0.5, 0.6) is 5.75 Å². The molecule has 1 aromatic rings. The number of ketones is 1. The number of Topliss-reactive ketones (excluding diaryl/α,β-unsaturated/α-hetero) is 1. The standard InChI is InChI=1S/C9H9BrO2.C2H6/c1-6(11)7-3-4-9(12-2)8(10)5-7;1-2/h3-5H,1-2H3;1-2H3. The molecular formula is C11H15BrO2. The fourth-order valence-electron chi connectivity index (χ4n) is 0.885. The van der Waals surface area contributed by atoms with E-state index in [0.717, 1.165) is 10.2 Å². The predicted octanol–water partition coefficient (Wildman–Crippen LogP) is 3.69. The van der Waals surface area contributed by atoms with Gasteiger partial charge < -0.3 is 4.74 Å². The van der Waals surface area contributed by atoms with Crippen LogP contribution in [0, 0.1) is 0 Å². The van der Waals surface area contributed by atoms with E-state index in [2.05, 4.69) is 15.9 Å². The predicted molar refractivity (Wildman–Crippen MR) is 62.0 cm³/mol. The highest BCUT2D eigenvalue weighted by molar-refractivity contribution is 9.10. The molecule has 0 bridgehead atoms. The summed E-state index contributed by atoms with van der Waals surface area (Å²) in [5.74, 6) is 0.790. The molecule has 1 aromatic carbocycles. The van der Waals surface area contributed by atoms with Gasteiger partial charge in [-0.2, -0.15) is 0 Å². The van der Waals surface area contributed by atoms with Gasteiger partial charge in [-0.25, -0.2) is 0 Å². The summed E-state index contributed by atoms with van der Waals surface area (Å²) in [5.41, 5.74) is 0.683. The van der Waals surface area contributed by atoms with Crippen LogP contribution >= 0.6 is 15.9 Å². The minimum absolute atomic E-state index is 0.0540. The average molecular weight is 259 g/mol. The highest BCUT2D eigenvalue weighted by Gasteiger charge is 2.03. The Morgan fingerprint density at radius 1 is 1.36 bits per heavy atom. The number of benzene rings is 1. The highest BCUT2D eigenvalue weighted by Crippen LogP contribution is 2.25. The van der Waals surface area contributed by atoms with Crippen LogP contribution in [0.3, 0.4) is 0 Å². The van der Waals surface area contributed by atoms with Gasteiger partial charge in [-0.1, -0.05) is 13.8 Å². The van der Waals surface area contributed by atoms with Crippen molar-refractivity contribution >= 4 is 21.7 Å². The number of rotatable bonds is 2. The van der Waals surface area contributed by atoms with Crippen LogP contribution in [0.2, 0.25) is 0 Å². The molecule has 0 aliphatic heterocycles. The second kappa shape index (κ2) is 6.60. The number of hydrogen-bond donors (Lipinski definition) is 0.